The third-order valence-corrected chi connectivity index (χ3v) is 6.18. The number of rotatable bonds is 7. The molecule has 0 atom stereocenters. The molecule has 0 N–H and O–H groups in total. The molecule has 1 amide bonds. The summed E-state index contributed by atoms with van der Waals surface area (Å²) >= 11 is 6.14. The molecule has 0 saturated carbocycles. The maximum absolute atomic E-state index is 14.0. The number of aryl methyl sites for hydroxylation is 1. The van der Waals surface area contributed by atoms with Crippen molar-refractivity contribution >= 4 is 17.5 Å². The Bertz CT molecular complexity index is 867. The fourth-order valence-electron chi connectivity index (χ4n) is 4.07. The number of benzene rings is 1. The van der Waals surface area contributed by atoms with Gasteiger partial charge >= 0.3 is 0 Å². The number of hydrogen-bond donors (Lipinski definition) is 0. The molecule has 0 aliphatic carbocycles. The van der Waals surface area contributed by atoms with E-state index in [2.05, 4.69) is 35.5 Å². The lowest BCUT2D eigenvalue weighted by Crippen LogP contribution is -2.48. The normalized spacial score (nSPS) is 15.2. The number of hydrogen-bond acceptors (Lipinski definition) is 3. The van der Waals surface area contributed by atoms with Gasteiger partial charge in [-0.05, 0) is 43.9 Å². The smallest absolute Gasteiger partial charge is 0.222 e. The molecule has 1 aliphatic heterocycles. The van der Waals surface area contributed by atoms with Gasteiger partial charge in [0.05, 0.1) is 5.69 Å². The van der Waals surface area contributed by atoms with E-state index in [1.165, 1.54) is 17.3 Å². The van der Waals surface area contributed by atoms with Gasteiger partial charge in [0.15, 0.2) is 0 Å². The molecular weight excluding hydrogens is 403 g/mol. The fraction of sp³-hybridized carbons (Fsp3) is 0.565. The first-order chi connectivity index (χ1) is 14.3. The molecule has 0 radical (unpaired) electrons. The van der Waals surface area contributed by atoms with Crippen molar-refractivity contribution in [2.24, 2.45) is 5.92 Å². The van der Waals surface area contributed by atoms with Crippen LogP contribution in [0.15, 0.2) is 18.2 Å². The van der Waals surface area contributed by atoms with Gasteiger partial charge in [0, 0.05) is 62.0 Å². The van der Waals surface area contributed by atoms with Crippen LogP contribution in [-0.4, -0.2) is 51.7 Å². The summed E-state index contributed by atoms with van der Waals surface area (Å²) in [7, 11) is 0. The molecule has 164 valence electrons. The van der Waals surface area contributed by atoms with Crippen molar-refractivity contribution in [3.63, 3.8) is 0 Å². The van der Waals surface area contributed by atoms with Gasteiger partial charge in [-0.25, -0.2) is 4.39 Å². The quantitative estimate of drug-likeness (QED) is 0.655. The van der Waals surface area contributed by atoms with E-state index in [9.17, 15) is 9.18 Å². The van der Waals surface area contributed by atoms with E-state index < -0.39 is 0 Å². The van der Waals surface area contributed by atoms with Gasteiger partial charge < -0.3 is 4.90 Å². The average Bonchev–Trinajstić information content (AvgIpc) is 2.95. The van der Waals surface area contributed by atoms with Crippen LogP contribution < -0.4 is 0 Å². The standard InChI is InChI=1S/C23H32ClFN4O/c1-16(2)14-29-18(4)19(17(3)26-29)8-9-23(30)28-12-10-27(11-13-28)15-20-21(24)6-5-7-22(20)25/h5-7,16H,8-15H2,1-4H3. The lowest BCUT2D eigenvalue weighted by atomic mass is 10.1. The minimum atomic E-state index is -0.273. The van der Waals surface area contributed by atoms with E-state index in [4.69, 9.17) is 11.6 Å². The molecule has 1 aromatic heterocycles. The number of aromatic nitrogens is 2. The highest BCUT2D eigenvalue weighted by atomic mass is 35.5. The Labute approximate surface area is 183 Å². The van der Waals surface area contributed by atoms with Crippen LogP contribution in [0.1, 0.15) is 42.8 Å². The van der Waals surface area contributed by atoms with E-state index in [0.717, 1.165) is 31.7 Å². The Hall–Kier alpha value is -1.92. The summed E-state index contributed by atoms with van der Waals surface area (Å²) < 4.78 is 16.1. The minimum Gasteiger partial charge on any atom is -0.340 e. The third-order valence-electron chi connectivity index (χ3n) is 5.83. The van der Waals surface area contributed by atoms with Crippen molar-refractivity contribution in [1.82, 2.24) is 19.6 Å². The predicted molar refractivity (Wildman–Crippen MR) is 118 cm³/mol. The van der Waals surface area contributed by atoms with Crippen LogP contribution in [0, 0.1) is 25.6 Å². The van der Waals surface area contributed by atoms with Gasteiger partial charge in [-0.15, -0.1) is 0 Å². The van der Waals surface area contributed by atoms with Crippen LogP contribution in [0.5, 0.6) is 0 Å². The second-order valence-corrected chi connectivity index (χ2v) is 8.99. The van der Waals surface area contributed by atoms with Crippen LogP contribution in [0.3, 0.4) is 0 Å². The van der Waals surface area contributed by atoms with E-state index in [1.54, 1.807) is 12.1 Å². The van der Waals surface area contributed by atoms with Crippen molar-refractivity contribution in [3.8, 4) is 0 Å². The summed E-state index contributed by atoms with van der Waals surface area (Å²) in [5.74, 6) is 0.437. The summed E-state index contributed by atoms with van der Waals surface area (Å²) in [6.45, 7) is 12.6. The van der Waals surface area contributed by atoms with Crippen molar-refractivity contribution in [2.75, 3.05) is 26.2 Å². The zero-order chi connectivity index (χ0) is 21.8. The number of halogens is 2. The van der Waals surface area contributed by atoms with Crippen molar-refractivity contribution < 1.29 is 9.18 Å². The topological polar surface area (TPSA) is 41.4 Å². The zero-order valence-corrected chi connectivity index (χ0v) is 19.2. The molecule has 5 nitrogen and oxygen atoms in total. The van der Waals surface area contributed by atoms with Crippen LogP contribution in [0.4, 0.5) is 4.39 Å². The van der Waals surface area contributed by atoms with Crippen molar-refractivity contribution in [3.05, 3.63) is 51.6 Å². The van der Waals surface area contributed by atoms with Gasteiger partial charge in [-0.2, -0.15) is 5.10 Å². The summed E-state index contributed by atoms with van der Waals surface area (Å²) in [4.78, 5) is 16.8. The van der Waals surface area contributed by atoms with Crippen LogP contribution in [0.2, 0.25) is 5.02 Å². The molecule has 1 aromatic carbocycles. The lowest BCUT2D eigenvalue weighted by molar-refractivity contribution is -0.133. The van der Waals surface area contributed by atoms with E-state index in [1.807, 2.05) is 11.8 Å². The Balaban J connectivity index is 1.51. The molecule has 1 aliphatic rings. The molecule has 7 heteroatoms. The van der Waals surface area contributed by atoms with E-state index >= 15 is 0 Å². The molecule has 30 heavy (non-hydrogen) atoms. The molecule has 0 unspecified atom stereocenters. The number of carbonyl (C=O) groups excluding carboxylic acids is 1. The van der Waals surface area contributed by atoms with Crippen LogP contribution in [0.25, 0.3) is 0 Å². The summed E-state index contributed by atoms with van der Waals surface area (Å²) in [6, 6.07) is 4.77. The average molecular weight is 435 g/mol. The van der Waals surface area contributed by atoms with Crippen LogP contribution in [-0.2, 0) is 24.3 Å². The van der Waals surface area contributed by atoms with Crippen molar-refractivity contribution in [2.45, 2.75) is 53.6 Å². The van der Waals surface area contributed by atoms with E-state index in [-0.39, 0.29) is 11.7 Å². The molecular formula is C23H32ClFN4O. The summed E-state index contributed by atoms with van der Waals surface area (Å²) in [5.41, 5.74) is 3.91. The lowest BCUT2D eigenvalue weighted by Gasteiger charge is -2.35. The Morgan fingerprint density at radius 3 is 2.50 bits per heavy atom. The minimum absolute atomic E-state index is 0.175. The van der Waals surface area contributed by atoms with Crippen molar-refractivity contribution in [1.29, 1.82) is 0 Å². The Morgan fingerprint density at radius 2 is 1.87 bits per heavy atom. The third kappa shape index (κ3) is 5.41. The SMILES string of the molecule is Cc1nn(CC(C)C)c(C)c1CCC(=O)N1CCN(Cc2c(F)cccc2Cl)CC1. The predicted octanol–water partition coefficient (Wildman–Crippen LogP) is 4.23. The number of amides is 1. The monoisotopic (exact) mass is 434 g/mol. The molecule has 1 fully saturated rings. The first-order valence-corrected chi connectivity index (χ1v) is 11.1. The number of carbonyl (C=O) groups is 1. The second-order valence-electron chi connectivity index (χ2n) is 8.58. The maximum Gasteiger partial charge on any atom is 0.222 e. The van der Waals surface area contributed by atoms with Crippen LogP contribution >= 0.6 is 11.6 Å². The largest absolute Gasteiger partial charge is 0.340 e. The Kier molecular flexibility index (Phi) is 7.53. The second kappa shape index (κ2) is 9.92. The highest BCUT2D eigenvalue weighted by Crippen LogP contribution is 2.22. The number of nitrogens with zero attached hydrogens (tertiary/aromatic N) is 4. The molecule has 0 bridgehead atoms. The first kappa shape index (κ1) is 22.8. The zero-order valence-electron chi connectivity index (χ0n) is 18.4. The summed E-state index contributed by atoms with van der Waals surface area (Å²) in [5, 5.41) is 5.10. The Morgan fingerprint density at radius 1 is 1.17 bits per heavy atom. The number of piperazine rings is 1. The van der Waals surface area contributed by atoms with Gasteiger partial charge in [-0.3, -0.25) is 14.4 Å². The highest BCUT2D eigenvalue weighted by molar-refractivity contribution is 6.31. The molecule has 2 aromatic rings. The van der Waals surface area contributed by atoms with Gasteiger partial charge in [0.1, 0.15) is 5.82 Å². The maximum atomic E-state index is 14.0. The molecule has 2 heterocycles. The van der Waals surface area contributed by atoms with E-state index in [0.29, 0.717) is 42.6 Å². The first-order valence-electron chi connectivity index (χ1n) is 10.7. The molecule has 1 saturated heterocycles. The van der Waals surface area contributed by atoms with Gasteiger partial charge in [-0.1, -0.05) is 31.5 Å². The van der Waals surface area contributed by atoms with Gasteiger partial charge in [0.2, 0.25) is 5.91 Å². The molecule has 3 rings (SSSR count). The fourth-order valence-corrected chi connectivity index (χ4v) is 4.29. The molecule has 0 spiro atoms. The summed E-state index contributed by atoms with van der Waals surface area (Å²) in [6.07, 6.45) is 1.22. The highest BCUT2D eigenvalue weighted by Gasteiger charge is 2.23. The van der Waals surface area contributed by atoms with Gasteiger partial charge in [0.25, 0.3) is 0 Å².